The molecule has 6 aromatic rings. The van der Waals surface area contributed by atoms with Gasteiger partial charge >= 0.3 is 183 Å². The van der Waals surface area contributed by atoms with Crippen LogP contribution in [-0.2, 0) is 60.7 Å². The molecule has 0 heterocycles. The summed E-state index contributed by atoms with van der Waals surface area (Å²) in [5.41, 5.74) is -1.12. The van der Waals surface area contributed by atoms with E-state index >= 15 is 0 Å². The molecule has 6 rings (SSSR count). The first-order valence-electron chi connectivity index (χ1n) is 19.8. The summed E-state index contributed by atoms with van der Waals surface area (Å²) in [6, 6.07) is 10.1. The van der Waals surface area contributed by atoms with Crippen molar-refractivity contribution in [2.75, 3.05) is 21.3 Å². The van der Waals surface area contributed by atoms with Crippen LogP contribution in [0.5, 0.6) is 0 Å². The van der Waals surface area contributed by atoms with Crippen LogP contribution in [-0.4, -0.2) is 95.7 Å². The van der Waals surface area contributed by atoms with E-state index in [1.54, 1.807) is 27.7 Å². The fourth-order valence-electron chi connectivity index (χ4n) is 7.40. The molecule has 0 aromatic heterocycles. The third-order valence-corrected chi connectivity index (χ3v) is 15.7. The maximum Gasteiger partial charge on any atom is 1.00 e. The standard InChI is InChI=1S/C41H38N4O21S6.6Na/c1-19(2)25-7-5-21(39(46)42-29-9-11-33(69(55,56)57)27-15-23(67(49,50)51)17-35(37(27)29)71(61,62)63)13-31(25)44-41(48)45-32-14-22(6-8-26(32)20(3)4)40(47)43-30-10-12-34(70(58,59)60)28-16-24(68(52,53)54)18-36(38(28)30)72(64,65)66;;;;;;/h5-20H,1-4H3,(H,42,46)(H,43,47)(H2,44,45,48)(H,49,50,51)(H,52,53,54)(H,55,56,57)(H,58,59,60)(H,61,62,63)(H,64,65,66);;;;;;/q;6*+1/p-6. The van der Waals surface area contributed by atoms with Gasteiger partial charge in [-0.05, 0) is 95.8 Å². The van der Waals surface area contributed by atoms with E-state index in [4.69, 9.17) is 0 Å². The third kappa shape index (κ3) is 18.3. The topological polar surface area (TPSA) is 443 Å². The second-order valence-electron chi connectivity index (χ2n) is 16.0. The van der Waals surface area contributed by atoms with Gasteiger partial charge in [0.15, 0.2) is 0 Å². The van der Waals surface area contributed by atoms with Gasteiger partial charge in [0.2, 0.25) is 0 Å². The van der Waals surface area contributed by atoms with Crippen LogP contribution in [0.2, 0.25) is 0 Å². The van der Waals surface area contributed by atoms with Gasteiger partial charge in [-0.25, -0.2) is 55.3 Å². The molecule has 4 amide bonds. The number of carbonyl (C=O) groups excluding carboxylic acids is 3. The molecule has 0 fully saturated rings. The summed E-state index contributed by atoms with van der Waals surface area (Å²) in [4.78, 5) is 33.1. The summed E-state index contributed by atoms with van der Waals surface area (Å²) in [7, 11) is -33.8. The van der Waals surface area contributed by atoms with Crippen LogP contribution < -0.4 is 199 Å². The Labute approximate surface area is 580 Å². The van der Waals surface area contributed by atoms with E-state index < -0.39 is 141 Å². The maximum atomic E-state index is 13.8. The molecule has 0 radical (unpaired) electrons. The van der Waals surface area contributed by atoms with Gasteiger partial charge in [-0.1, -0.05) is 39.8 Å². The maximum absolute atomic E-state index is 13.8. The number of carbonyl (C=O) groups is 3. The van der Waals surface area contributed by atoms with Crippen molar-refractivity contribution in [2.45, 2.75) is 68.9 Å². The monoisotopic (exact) mass is 1250 g/mol. The number of anilines is 4. The summed E-state index contributed by atoms with van der Waals surface area (Å²) in [6.45, 7) is 6.80. The van der Waals surface area contributed by atoms with Crippen molar-refractivity contribution in [3.8, 4) is 0 Å². The molecule has 0 spiro atoms. The molecule has 0 aliphatic carbocycles. The van der Waals surface area contributed by atoms with Crippen molar-refractivity contribution in [2.24, 2.45) is 0 Å². The van der Waals surface area contributed by atoms with E-state index in [0.717, 1.165) is 24.3 Å². The van der Waals surface area contributed by atoms with Crippen molar-refractivity contribution in [3.63, 3.8) is 0 Å². The molecule has 0 aliphatic rings. The first kappa shape index (κ1) is 77.5. The van der Waals surface area contributed by atoms with Crippen LogP contribution in [0.15, 0.2) is 114 Å². The van der Waals surface area contributed by atoms with Crippen molar-refractivity contribution in [1.29, 1.82) is 0 Å². The number of nitrogens with one attached hydrogen (secondary N) is 4. The summed E-state index contributed by atoms with van der Waals surface area (Å²) in [5.74, 6) is -2.97. The smallest absolute Gasteiger partial charge is 0.744 e. The largest absolute Gasteiger partial charge is 1.00 e. The second kappa shape index (κ2) is 29.1. The minimum atomic E-state index is -5.78. The van der Waals surface area contributed by atoms with Gasteiger partial charge in [0.05, 0.1) is 40.7 Å². The van der Waals surface area contributed by atoms with Crippen LogP contribution in [0, 0.1) is 0 Å². The first-order valence-corrected chi connectivity index (χ1v) is 28.3. The zero-order valence-electron chi connectivity index (χ0n) is 42.8. The number of fused-ring (bicyclic) bond motifs is 2. The molecule has 0 saturated heterocycles. The number of rotatable bonds is 14. The Hall–Kier alpha value is -0.490. The molecule has 0 aliphatic heterocycles. The van der Waals surface area contributed by atoms with E-state index in [9.17, 15) is 92.2 Å². The zero-order valence-corrected chi connectivity index (χ0v) is 59.7. The summed E-state index contributed by atoms with van der Waals surface area (Å²) >= 11 is 0. The minimum absolute atomic E-state index is 0. The van der Waals surface area contributed by atoms with Crippen LogP contribution in [0.1, 0.15) is 71.4 Å². The average molecular weight is 1250 g/mol. The molecule has 37 heteroatoms. The number of benzene rings is 6. The quantitative estimate of drug-likeness (QED) is 0.0581. The van der Waals surface area contributed by atoms with Gasteiger partial charge in [-0.2, -0.15) is 0 Å². The fraction of sp³-hybridized carbons (Fsp3) is 0.146. The van der Waals surface area contributed by atoms with Crippen LogP contribution in [0.3, 0.4) is 0 Å². The van der Waals surface area contributed by atoms with E-state index in [-0.39, 0.29) is 224 Å². The summed E-state index contributed by atoms with van der Waals surface area (Å²) in [6.07, 6.45) is 0. The Kier molecular flexibility index (Phi) is 28.9. The van der Waals surface area contributed by atoms with Gasteiger partial charge in [-0.15, -0.1) is 0 Å². The van der Waals surface area contributed by atoms with E-state index in [0.29, 0.717) is 35.4 Å². The predicted octanol–water partition coefficient (Wildman–Crippen LogP) is -14.2. The summed E-state index contributed by atoms with van der Waals surface area (Å²) < 4.78 is 218. The Balaban J connectivity index is 0.00000988. The van der Waals surface area contributed by atoms with Crippen LogP contribution in [0.4, 0.5) is 27.5 Å². The number of urea groups is 1. The molecule has 0 saturated carbocycles. The Morgan fingerprint density at radius 3 is 0.910 bits per heavy atom. The molecule has 4 N–H and O–H groups in total. The normalized spacial score (nSPS) is 11.8. The van der Waals surface area contributed by atoms with E-state index in [1.165, 1.54) is 24.3 Å². The van der Waals surface area contributed by atoms with Gasteiger partial charge in [-0.3, -0.25) is 9.59 Å². The van der Waals surface area contributed by atoms with Crippen molar-refractivity contribution < 1.29 is 270 Å². The summed E-state index contributed by atoms with van der Waals surface area (Å²) in [5, 5.41) is 5.74. The molecular weight excluding hydrogens is 1210 g/mol. The second-order valence-corrected chi connectivity index (χ2v) is 24.2. The fourth-order valence-corrected chi connectivity index (χ4v) is 11.4. The Morgan fingerprint density at radius 1 is 0.359 bits per heavy atom. The molecule has 25 nitrogen and oxygen atoms in total. The molecule has 0 atom stereocenters. The molecule has 0 bridgehead atoms. The zero-order chi connectivity index (χ0) is 54.0. The minimum Gasteiger partial charge on any atom is -0.744 e. The molecule has 0 unspecified atom stereocenters. The van der Waals surface area contributed by atoms with E-state index in [2.05, 4.69) is 21.3 Å². The van der Waals surface area contributed by atoms with Crippen LogP contribution in [0.25, 0.3) is 21.5 Å². The van der Waals surface area contributed by atoms with Crippen molar-refractivity contribution in [3.05, 3.63) is 107 Å². The molecule has 384 valence electrons. The van der Waals surface area contributed by atoms with Crippen molar-refractivity contribution in [1.82, 2.24) is 0 Å². The Morgan fingerprint density at radius 2 is 0.654 bits per heavy atom. The number of hydrogen-bond donors (Lipinski definition) is 4. The third-order valence-electron chi connectivity index (χ3n) is 10.5. The number of hydrogen-bond acceptors (Lipinski definition) is 21. The molecule has 78 heavy (non-hydrogen) atoms. The molecule has 6 aromatic carbocycles. The van der Waals surface area contributed by atoms with Crippen molar-refractivity contribution >= 4 is 123 Å². The Bertz CT molecular complexity index is 3820. The molecular formula is C41H32N4Na6O21S6. The van der Waals surface area contributed by atoms with Crippen LogP contribution >= 0.6 is 0 Å². The van der Waals surface area contributed by atoms with Gasteiger partial charge < -0.3 is 48.6 Å². The van der Waals surface area contributed by atoms with Gasteiger partial charge in [0.1, 0.15) is 60.7 Å². The van der Waals surface area contributed by atoms with Gasteiger partial charge in [0.25, 0.3) is 11.8 Å². The average Bonchev–Trinajstić information content (AvgIpc) is 3.23. The predicted molar refractivity (Wildman–Crippen MR) is 245 cm³/mol. The van der Waals surface area contributed by atoms with E-state index in [1.807, 2.05) is 0 Å². The first-order chi connectivity index (χ1) is 32.9. The number of amides is 4. The SMILES string of the molecule is CC(C)c1ccc(C(=O)Nc2ccc(S(=O)(=O)[O-])c3cc(S(=O)(=O)[O-])cc(S(=O)(=O)[O-])c23)cc1NC(=O)Nc1cc(C(=O)Nc2ccc(S(=O)(=O)[O-])c3cc(S(=O)(=O)[O-])cc(S(=O)(=O)[O-])c23)ccc1C(C)C.[Na+].[Na+].[Na+].[Na+].[Na+].[Na+]. The van der Waals surface area contributed by atoms with Gasteiger partial charge in [0, 0.05) is 44.0 Å².